The zero-order valence-electron chi connectivity index (χ0n) is 12.4. The summed E-state index contributed by atoms with van der Waals surface area (Å²) in [5.74, 6) is 0.187. The SMILES string of the molecule is O=C(NC(Cn1nccn1)c1ccccc1)C1CC=CCC1. The third-order valence-corrected chi connectivity index (χ3v) is 3.97. The van der Waals surface area contributed by atoms with E-state index >= 15 is 0 Å². The second-order valence-corrected chi connectivity index (χ2v) is 5.54. The summed E-state index contributed by atoms with van der Waals surface area (Å²) in [5, 5.41) is 11.5. The molecule has 3 rings (SSSR count). The number of hydrogen-bond acceptors (Lipinski definition) is 3. The zero-order chi connectivity index (χ0) is 15.2. The van der Waals surface area contributed by atoms with E-state index in [9.17, 15) is 4.79 Å². The van der Waals surface area contributed by atoms with Crippen LogP contribution in [0.3, 0.4) is 0 Å². The fourth-order valence-corrected chi connectivity index (χ4v) is 2.74. The van der Waals surface area contributed by atoms with Gasteiger partial charge in [0.25, 0.3) is 0 Å². The Morgan fingerprint density at radius 3 is 2.68 bits per heavy atom. The summed E-state index contributed by atoms with van der Waals surface area (Å²) in [5.41, 5.74) is 1.07. The molecular weight excluding hydrogens is 276 g/mol. The van der Waals surface area contributed by atoms with E-state index in [-0.39, 0.29) is 17.9 Å². The van der Waals surface area contributed by atoms with Gasteiger partial charge in [0.15, 0.2) is 0 Å². The quantitative estimate of drug-likeness (QED) is 0.862. The summed E-state index contributed by atoms with van der Waals surface area (Å²) in [7, 11) is 0. The average Bonchev–Trinajstić information content (AvgIpc) is 3.09. The van der Waals surface area contributed by atoms with E-state index in [2.05, 4.69) is 27.7 Å². The second kappa shape index (κ2) is 7.02. The number of aromatic nitrogens is 3. The highest BCUT2D eigenvalue weighted by Gasteiger charge is 2.23. The first kappa shape index (κ1) is 14.5. The van der Waals surface area contributed by atoms with Gasteiger partial charge in [0.2, 0.25) is 5.91 Å². The Morgan fingerprint density at radius 2 is 2.00 bits per heavy atom. The minimum Gasteiger partial charge on any atom is -0.347 e. The number of allylic oxidation sites excluding steroid dienone is 2. The van der Waals surface area contributed by atoms with Gasteiger partial charge < -0.3 is 5.32 Å². The van der Waals surface area contributed by atoms with E-state index in [1.54, 1.807) is 17.2 Å². The molecule has 1 N–H and O–H groups in total. The monoisotopic (exact) mass is 296 g/mol. The molecule has 0 spiro atoms. The minimum atomic E-state index is -0.119. The van der Waals surface area contributed by atoms with Crippen molar-refractivity contribution in [2.75, 3.05) is 0 Å². The Morgan fingerprint density at radius 1 is 1.23 bits per heavy atom. The molecule has 0 bridgehead atoms. The standard InChI is InChI=1S/C17H20N4O/c22-17(15-9-5-2-6-10-15)20-16(13-21-18-11-12-19-21)14-7-3-1-4-8-14/h1-5,7-8,11-12,15-16H,6,9-10,13H2,(H,20,22). The number of amides is 1. The first-order valence-electron chi connectivity index (χ1n) is 7.67. The van der Waals surface area contributed by atoms with Crippen LogP contribution < -0.4 is 5.32 Å². The Balaban J connectivity index is 1.73. The topological polar surface area (TPSA) is 59.8 Å². The van der Waals surface area contributed by atoms with Gasteiger partial charge in [-0.3, -0.25) is 4.79 Å². The fourth-order valence-electron chi connectivity index (χ4n) is 2.74. The summed E-state index contributed by atoms with van der Waals surface area (Å²) in [4.78, 5) is 14.1. The highest BCUT2D eigenvalue weighted by Crippen LogP contribution is 2.21. The molecule has 1 aromatic carbocycles. The van der Waals surface area contributed by atoms with Gasteiger partial charge in [-0.25, -0.2) is 0 Å². The van der Waals surface area contributed by atoms with E-state index in [0.29, 0.717) is 6.54 Å². The minimum absolute atomic E-state index is 0.0711. The van der Waals surface area contributed by atoms with E-state index < -0.39 is 0 Å². The Labute approximate surface area is 130 Å². The van der Waals surface area contributed by atoms with Gasteiger partial charge in [0.05, 0.1) is 25.0 Å². The lowest BCUT2D eigenvalue weighted by atomic mass is 9.93. The third-order valence-electron chi connectivity index (χ3n) is 3.97. The molecule has 0 radical (unpaired) electrons. The number of nitrogens with one attached hydrogen (secondary N) is 1. The lowest BCUT2D eigenvalue weighted by Crippen LogP contribution is -2.36. The number of carbonyl (C=O) groups excluding carboxylic acids is 1. The van der Waals surface area contributed by atoms with Crippen LogP contribution in [0.25, 0.3) is 0 Å². The van der Waals surface area contributed by atoms with Crippen molar-refractivity contribution < 1.29 is 4.79 Å². The molecule has 1 aromatic heterocycles. The molecule has 2 aromatic rings. The molecule has 22 heavy (non-hydrogen) atoms. The smallest absolute Gasteiger partial charge is 0.223 e. The Hall–Kier alpha value is -2.43. The predicted octanol–water partition coefficient (Wildman–Crippen LogP) is 2.49. The number of hydrogen-bond donors (Lipinski definition) is 1. The average molecular weight is 296 g/mol. The first-order chi connectivity index (χ1) is 10.8. The summed E-state index contributed by atoms with van der Waals surface area (Å²) in [6, 6.07) is 9.86. The zero-order valence-corrected chi connectivity index (χ0v) is 12.4. The predicted molar refractivity (Wildman–Crippen MR) is 83.8 cm³/mol. The molecule has 0 saturated heterocycles. The van der Waals surface area contributed by atoms with Gasteiger partial charge in [0, 0.05) is 5.92 Å². The number of benzene rings is 1. The van der Waals surface area contributed by atoms with Crippen LogP contribution in [-0.4, -0.2) is 20.9 Å². The maximum atomic E-state index is 12.5. The van der Waals surface area contributed by atoms with Crippen molar-refractivity contribution in [3.63, 3.8) is 0 Å². The molecule has 2 atom stereocenters. The van der Waals surface area contributed by atoms with Crippen LogP contribution in [0.2, 0.25) is 0 Å². The van der Waals surface area contributed by atoms with Crippen molar-refractivity contribution in [1.29, 1.82) is 0 Å². The summed E-state index contributed by atoms with van der Waals surface area (Å²) in [6.07, 6.45) is 10.3. The van der Waals surface area contributed by atoms with Crippen LogP contribution in [0.5, 0.6) is 0 Å². The third kappa shape index (κ3) is 3.61. The van der Waals surface area contributed by atoms with Gasteiger partial charge >= 0.3 is 0 Å². The molecule has 114 valence electrons. The normalized spacial score (nSPS) is 18.8. The van der Waals surface area contributed by atoms with Crippen LogP contribution in [-0.2, 0) is 11.3 Å². The number of nitrogens with zero attached hydrogens (tertiary/aromatic N) is 3. The maximum absolute atomic E-state index is 12.5. The summed E-state index contributed by atoms with van der Waals surface area (Å²) in [6.45, 7) is 0.533. The highest BCUT2D eigenvalue weighted by molar-refractivity contribution is 5.79. The van der Waals surface area contributed by atoms with Crippen LogP contribution in [0, 0.1) is 5.92 Å². The van der Waals surface area contributed by atoms with Crippen LogP contribution >= 0.6 is 0 Å². The summed E-state index contributed by atoms with van der Waals surface area (Å²) >= 11 is 0. The molecule has 1 heterocycles. The number of rotatable bonds is 5. The Bertz CT molecular complexity index is 621. The molecule has 0 aliphatic heterocycles. The van der Waals surface area contributed by atoms with Crippen molar-refractivity contribution >= 4 is 5.91 Å². The van der Waals surface area contributed by atoms with Gasteiger partial charge in [0.1, 0.15) is 0 Å². The van der Waals surface area contributed by atoms with Gasteiger partial charge in [-0.2, -0.15) is 15.0 Å². The van der Waals surface area contributed by atoms with Gasteiger partial charge in [-0.1, -0.05) is 42.5 Å². The lowest BCUT2D eigenvalue weighted by molar-refractivity contribution is -0.126. The lowest BCUT2D eigenvalue weighted by Gasteiger charge is -2.23. The van der Waals surface area contributed by atoms with Crippen molar-refractivity contribution in [3.8, 4) is 0 Å². The molecule has 0 fully saturated rings. The second-order valence-electron chi connectivity index (χ2n) is 5.54. The van der Waals surface area contributed by atoms with Gasteiger partial charge in [-0.15, -0.1) is 0 Å². The number of carbonyl (C=O) groups is 1. The van der Waals surface area contributed by atoms with Crippen molar-refractivity contribution in [2.45, 2.75) is 31.8 Å². The van der Waals surface area contributed by atoms with Crippen molar-refractivity contribution in [2.24, 2.45) is 5.92 Å². The van der Waals surface area contributed by atoms with Crippen molar-refractivity contribution in [1.82, 2.24) is 20.3 Å². The molecule has 1 aliphatic carbocycles. The largest absolute Gasteiger partial charge is 0.347 e. The van der Waals surface area contributed by atoms with Crippen LogP contribution in [0.1, 0.15) is 30.9 Å². The first-order valence-corrected chi connectivity index (χ1v) is 7.67. The van der Waals surface area contributed by atoms with E-state index in [0.717, 1.165) is 24.8 Å². The molecule has 5 heteroatoms. The molecule has 5 nitrogen and oxygen atoms in total. The molecule has 0 saturated carbocycles. The fraction of sp³-hybridized carbons (Fsp3) is 0.353. The molecule has 1 amide bonds. The molecule has 2 unspecified atom stereocenters. The van der Waals surface area contributed by atoms with Gasteiger partial charge in [-0.05, 0) is 24.8 Å². The summed E-state index contributed by atoms with van der Waals surface area (Å²) < 4.78 is 0. The maximum Gasteiger partial charge on any atom is 0.223 e. The van der Waals surface area contributed by atoms with Crippen molar-refractivity contribution in [3.05, 3.63) is 60.4 Å². The van der Waals surface area contributed by atoms with Crippen LogP contribution in [0.15, 0.2) is 54.9 Å². The van der Waals surface area contributed by atoms with E-state index in [1.807, 2.05) is 30.3 Å². The molecule has 1 aliphatic rings. The highest BCUT2D eigenvalue weighted by atomic mass is 16.1. The van der Waals surface area contributed by atoms with Crippen LogP contribution in [0.4, 0.5) is 0 Å². The van der Waals surface area contributed by atoms with E-state index in [1.165, 1.54) is 0 Å². The Kier molecular flexibility index (Phi) is 4.63. The molecular formula is C17H20N4O. The van der Waals surface area contributed by atoms with E-state index in [4.69, 9.17) is 0 Å².